The first-order valence-electron chi connectivity index (χ1n) is 3.14. The molecule has 0 saturated heterocycles. The molecule has 0 N–H and O–H groups in total. The number of halogens is 3. The highest BCUT2D eigenvalue weighted by atomic mass is 32.2. The molecule has 0 aromatic heterocycles. The van der Waals surface area contributed by atoms with Crippen LogP contribution in [0.5, 0.6) is 0 Å². The largest absolute Gasteiger partial charge is 0.461 e. The Balaban J connectivity index is -0.000000403. The smallest absolute Gasteiger partial charge is 0.371 e. The van der Waals surface area contributed by atoms with Gasteiger partial charge in [-0.25, -0.2) is 4.79 Å². The summed E-state index contributed by atoms with van der Waals surface area (Å²) >= 11 is 1.08. The second kappa shape index (κ2) is 9.91. The monoisotopic (exact) mass is 228 g/mol. The van der Waals surface area contributed by atoms with Crippen molar-refractivity contribution in [1.82, 2.24) is 0 Å². The lowest BCUT2D eigenvalue weighted by atomic mass is 10.4. The van der Waals surface area contributed by atoms with E-state index in [4.69, 9.17) is 0 Å². The first kappa shape index (κ1) is 18.6. The summed E-state index contributed by atoms with van der Waals surface area (Å²) in [5.41, 5.74) is 0. The zero-order chi connectivity index (χ0) is 8.10. The Hall–Kier alpha value is -1.17. The first-order chi connectivity index (χ1) is 5.33. The topological polar surface area (TPSA) is 26.3 Å². The number of hydrogen-bond acceptors (Lipinski definition) is 3. The van der Waals surface area contributed by atoms with E-state index in [1.165, 1.54) is 7.11 Å². The summed E-state index contributed by atoms with van der Waals surface area (Å²) in [6, 6.07) is 9.39. The molecule has 0 amide bonds. The molecule has 0 saturated carbocycles. The standard InChI is InChI=1S/C8H8O2S.3FH/c1-10-8(9)11-7-5-3-2-4-6-7;;;/h2-6H,1H3;3*1H. The maximum Gasteiger partial charge on any atom is 0.371 e. The molecule has 6 heteroatoms. The van der Waals surface area contributed by atoms with E-state index in [0.717, 1.165) is 16.7 Å². The van der Waals surface area contributed by atoms with Crippen LogP contribution in [0.1, 0.15) is 0 Å². The van der Waals surface area contributed by atoms with Crippen LogP contribution in [0.25, 0.3) is 0 Å². The molecular weight excluding hydrogens is 217 g/mol. The predicted octanol–water partition coefficient (Wildman–Crippen LogP) is 3.00. The van der Waals surface area contributed by atoms with Gasteiger partial charge < -0.3 is 4.74 Å². The molecule has 1 aromatic carbocycles. The number of rotatable bonds is 1. The van der Waals surface area contributed by atoms with Crippen LogP contribution in [0.4, 0.5) is 18.9 Å². The Morgan fingerprint density at radius 2 is 1.64 bits per heavy atom. The summed E-state index contributed by atoms with van der Waals surface area (Å²) in [5.74, 6) is 0. The Morgan fingerprint density at radius 1 is 1.14 bits per heavy atom. The summed E-state index contributed by atoms with van der Waals surface area (Å²) in [5, 5.41) is -0.281. The van der Waals surface area contributed by atoms with Crippen molar-refractivity contribution in [3.63, 3.8) is 0 Å². The van der Waals surface area contributed by atoms with E-state index in [-0.39, 0.29) is 19.4 Å². The van der Waals surface area contributed by atoms with Crippen LogP contribution in [0.2, 0.25) is 0 Å². The number of carbonyl (C=O) groups is 1. The second-order valence-electron chi connectivity index (χ2n) is 1.87. The first-order valence-corrected chi connectivity index (χ1v) is 3.95. The van der Waals surface area contributed by atoms with Crippen LogP contribution in [0, 0.1) is 0 Å². The summed E-state index contributed by atoms with van der Waals surface area (Å²) < 4.78 is 4.48. The molecule has 14 heavy (non-hydrogen) atoms. The number of methoxy groups -OCH3 is 1. The SMILES string of the molecule is COC(=O)Sc1ccccc1.F.F.F. The lowest BCUT2D eigenvalue weighted by molar-refractivity contribution is 0.200. The third-order valence-electron chi connectivity index (χ3n) is 1.11. The highest BCUT2D eigenvalue weighted by Gasteiger charge is 2.00. The average Bonchev–Trinajstić information content (AvgIpc) is 2.06. The van der Waals surface area contributed by atoms with Crippen LogP contribution in [0.15, 0.2) is 35.2 Å². The van der Waals surface area contributed by atoms with Crippen LogP contribution >= 0.6 is 11.8 Å². The molecule has 0 aliphatic carbocycles. The third-order valence-corrected chi connectivity index (χ3v) is 1.95. The quantitative estimate of drug-likeness (QED) is 0.546. The van der Waals surface area contributed by atoms with Crippen molar-refractivity contribution < 1.29 is 23.6 Å². The van der Waals surface area contributed by atoms with Crippen LogP contribution in [0.3, 0.4) is 0 Å². The molecule has 1 rings (SSSR count). The Morgan fingerprint density at radius 3 is 2.07 bits per heavy atom. The normalized spacial score (nSPS) is 7.21. The summed E-state index contributed by atoms with van der Waals surface area (Å²) in [6.07, 6.45) is 0. The molecule has 2 nitrogen and oxygen atoms in total. The van der Waals surface area contributed by atoms with Gasteiger partial charge in [-0.3, -0.25) is 14.1 Å². The van der Waals surface area contributed by atoms with Crippen molar-refractivity contribution in [1.29, 1.82) is 0 Å². The summed E-state index contributed by atoms with van der Waals surface area (Å²) in [7, 11) is 1.37. The van der Waals surface area contributed by atoms with Gasteiger partial charge in [0.05, 0.1) is 7.11 Å². The number of benzene rings is 1. The number of ether oxygens (including phenoxy) is 1. The molecule has 1 aromatic rings. The zero-order valence-electron chi connectivity index (χ0n) is 7.34. The van der Waals surface area contributed by atoms with Crippen molar-refractivity contribution >= 4 is 17.1 Å². The molecule has 0 aliphatic heterocycles. The van der Waals surface area contributed by atoms with Crippen molar-refractivity contribution in [3.05, 3.63) is 30.3 Å². The van der Waals surface area contributed by atoms with Crippen molar-refractivity contribution in [2.24, 2.45) is 0 Å². The minimum absolute atomic E-state index is 0. The Labute approximate surface area is 83.7 Å². The highest BCUT2D eigenvalue weighted by Crippen LogP contribution is 2.18. The molecule has 0 bridgehead atoms. The molecule has 82 valence electrons. The molecular formula is C8H11F3O2S. The maximum absolute atomic E-state index is 10.7. The van der Waals surface area contributed by atoms with Gasteiger partial charge in [0.15, 0.2) is 0 Å². The van der Waals surface area contributed by atoms with E-state index in [2.05, 4.69) is 4.74 Å². The predicted molar refractivity (Wildman–Crippen MR) is 52.2 cm³/mol. The van der Waals surface area contributed by atoms with Crippen molar-refractivity contribution in [2.75, 3.05) is 7.11 Å². The average molecular weight is 228 g/mol. The van der Waals surface area contributed by atoms with E-state index in [1.807, 2.05) is 30.3 Å². The van der Waals surface area contributed by atoms with Gasteiger partial charge in [0.2, 0.25) is 0 Å². The van der Waals surface area contributed by atoms with Crippen LogP contribution < -0.4 is 0 Å². The van der Waals surface area contributed by atoms with E-state index in [1.54, 1.807) is 0 Å². The molecule has 0 unspecified atom stereocenters. The Kier molecular flexibility index (Phi) is 13.2. The van der Waals surface area contributed by atoms with E-state index >= 15 is 0 Å². The fourth-order valence-corrected chi connectivity index (χ4v) is 1.20. The molecule has 0 atom stereocenters. The number of carbonyl (C=O) groups excluding carboxylic acids is 1. The van der Waals surface area contributed by atoms with E-state index in [0.29, 0.717) is 0 Å². The van der Waals surface area contributed by atoms with Gasteiger partial charge in [-0.15, -0.1) is 0 Å². The van der Waals surface area contributed by atoms with Crippen molar-refractivity contribution in [2.45, 2.75) is 4.90 Å². The second-order valence-corrected chi connectivity index (χ2v) is 2.88. The number of hydrogen-bond donors (Lipinski definition) is 0. The summed E-state index contributed by atoms with van der Waals surface area (Å²) in [4.78, 5) is 11.6. The van der Waals surface area contributed by atoms with Gasteiger partial charge in [-0.2, -0.15) is 0 Å². The van der Waals surface area contributed by atoms with Gasteiger partial charge in [0, 0.05) is 4.90 Å². The third kappa shape index (κ3) is 6.36. The fourth-order valence-electron chi connectivity index (χ4n) is 0.626. The maximum atomic E-state index is 10.7. The number of thioether (sulfide) groups is 1. The highest BCUT2D eigenvalue weighted by molar-refractivity contribution is 8.13. The van der Waals surface area contributed by atoms with E-state index in [9.17, 15) is 4.79 Å². The van der Waals surface area contributed by atoms with Gasteiger partial charge in [-0.05, 0) is 23.9 Å². The zero-order valence-corrected chi connectivity index (χ0v) is 8.15. The molecule has 0 radical (unpaired) electrons. The van der Waals surface area contributed by atoms with Gasteiger partial charge >= 0.3 is 5.30 Å². The van der Waals surface area contributed by atoms with Gasteiger partial charge in [0.1, 0.15) is 0 Å². The molecule has 0 fully saturated rings. The molecule has 0 spiro atoms. The summed E-state index contributed by atoms with van der Waals surface area (Å²) in [6.45, 7) is 0. The van der Waals surface area contributed by atoms with E-state index < -0.39 is 0 Å². The van der Waals surface area contributed by atoms with Crippen molar-refractivity contribution in [3.8, 4) is 0 Å². The fraction of sp³-hybridized carbons (Fsp3) is 0.125. The lowest BCUT2D eigenvalue weighted by Gasteiger charge is -1.96. The minimum atomic E-state index is -0.281. The van der Waals surface area contributed by atoms with Gasteiger partial charge in [-0.1, -0.05) is 18.2 Å². The Bertz CT molecular complexity index is 244. The van der Waals surface area contributed by atoms with Crippen LogP contribution in [-0.2, 0) is 4.74 Å². The van der Waals surface area contributed by atoms with Gasteiger partial charge in [0.25, 0.3) is 0 Å². The minimum Gasteiger partial charge on any atom is -0.461 e. The lowest BCUT2D eigenvalue weighted by Crippen LogP contribution is -1.89. The molecule has 0 heterocycles. The van der Waals surface area contributed by atoms with Crippen LogP contribution in [-0.4, -0.2) is 12.4 Å². The molecule has 0 aliphatic rings.